The molecule has 0 fully saturated rings. The summed E-state index contributed by atoms with van der Waals surface area (Å²) in [6, 6.07) is 5.17. The molecule has 0 amide bonds. The number of nitrogens with zero attached hydrogens (tertiary/aromatic N) is 1. The van der Waals surface area contributed by atoms with E-state index in [0.29, 0.717) is 0 Å². The van der Waals surface area contributed by atoms with Crippen molar-refractivity contribution < 1.29 is 9.53 Å². The highest BCUT2D eigenvalue weighted by molar-refractivity contribution is 7.09. The second-order valence-corrected chi connectivity index (χ2v) is 4.97. The summed E-state index contributed by atoms with van der Waals surface area (Å²) < 4.78 is 5.11. The van der Waals surface area contributed by atoms with Gasteiger partial charge in [0.15, 0.2) is 0 Å². The van der Waals surface area contributed by atoms with Crippen LogP contribution in [0.5, 0.6) is 0 Å². The SMILES string of the molecule is O=C(OCc1cccs1)c1cc(Cl)ncc1Cl. The molecule has 2 aromatic rings. The number of halogens is 2. The first-order valence-corrected chi connectivity index (χ1v) is 6.31. The number of aromatic nitrogens is 1. The zero-order valence-corrected chi connectivity index (χ0v) is 10.9. The molecule has 0 bridgehead atoms. The number of esters is 1. The van der Waals surface area contributed by atoms with Crippen LogP contribution in [0.2, 0.25) is 10.2 Å². The van der Waals surface area contributed by atoms with Gasteiger partial charge in [0, 0.05) is 11.1 Å². The zero-order chi connectivity index (χ0) is 12.3. The number of pyridine rings is 1. The fraction of sp³-hybridized carbons (Fsp3) is 0.0909. The van der Waals surface area contributed by atoms with Gasteiger partial charge in [0.2, 0.25) is 0 Å². The Bertz CT molecular complexity index is 528. The summed E-state index contributed by atoms with van der Waals surface area (Å²) in [5.74, 6) is -0.507. The lowest BCUT2D eigenvalue weighted by atomic mass is 10.3. The molecule has 0 saturated heterocycles. The number of ether oxygens (including phenoxy) is 1. The van der Waals surface area contributed by atoms with Crippen LogP contribution < -0.4 is 0 Å². The number of rotatable bonds is 3. The van der Waals surface area contributed by atoms with Crippen LogP contribution in [0, 0.1) is 0 Å². The van der Waals surface area contributed by atoms with Gasteiger partial charge in [-0.3, -0.25) is 0 Å². The predicted molar refractivity (Wildman–Crippen MR) is 67.7 cm³/mol. The summed E-state index contributed by atoms with van der Waals surface area (Å²) in [6.07, 6.45) is 1.33. The van der Waals surface area contributed by atoms with Gasteiger partial charge in [-0.1, -0.05) is 29.3 Å². The van der Waals surface area contributed by atoms with Gasteiger partial charge < -0.3 is 4.74 Å². The average molecular weight is 288 g/mol. The monoisotopic (exact) mass is 287 g/mol. The van der Waals surface area contributed by atoms with Crippen molar-refractivity contribution in [3.05, 3.63) is 50.4 Å². The molecule has 17 heavy (non-hydrogen) atoms. The van der Waals surface area contributed by atoms with Gasteiger partial charge in [-0.25, -0.2) is 9.78 Å². The predicted octanol–water partition coefficient (Wildman–Crippen LogP) is 3.81. The molecule has 88 valence electrons. The van der Waals surface area contributed by atoms with Crippen LogP contribution in [0.25, 0.3) is 0 Å². The molecule has 0 aliphatic carbocycles. The summed E-state index contributed by atoms with van der Waals surface area (Å²) >= 11 is 13.0. The van der Waals surface area contributed by atoms with Gasteiger partial charge in [-0.05, 0) is 17.5 Å². The van der Waals surface area contributed by atoms with Crippen molar-refractivity contribution in [1.82, 2.24) is 4.98 Å². The van der Waals surface area contributed by atoms with E-state index in [1.807, 2.05) is 17.5 Å². The quantitative estimate of drug-likeness (QED) is 0.637. The number of carbonyl (C=O) groups excluding carboxylic acids is 1. The van der Waals surface area contributed by atoms with Crippen LogP contribution in [-0.2, 0) is 11.3 Å². The second-order valence-electron chi connectivity index (χ2n) is 3.14. The third kappa shape index (κ3) is 3.19. The van der Waals surface area contributed by atoms with E-state index in [1.54, 1.807) is 0 Å². The molecule has 0 N–H and O–H groups in total. The van der Waals surface area contributed by atoms with Crippen LogP contribution in [0.15, 0.2) is 29.8 Å². The van der Waals surface area contributed by atoms with Crippen molar-refractivity contribution in [2.45, 2.75) is 6.61 Å². The van der Waals surface area contributed by atoms with Crippen LogP contribution in [0.4, 0.5) is 0 Å². The first-order chi connectivity index (χ1) is 8.16. The van der Waals surface area contributed by atoms with E-state index in [0.717, 1.165) is 4.88 Å². The summed E-state index contributed by atoms with van der Waals surface area (Å²) in [4.78, 5) is 16.5. The second kappa shape index (κ2) is 5.49. The lowest BCUT2D eigenvalue weighted by molar-refractivity contribution is 0.0477. The largest absolute Gasteiger partial charge is 0.456 e. The van der Waals surface area contributed by atoms with Gasteiger partial charge in [-0.2, -0.15) is 0 Å². The molecule has 0 atom stereocenters. The lowest BCUT2D eigenvalue weighted by Gasteiger charge is -2.04. The minimum atomic E-state index is -0.507. The highest BCUT2D eigenvalue weighted by Gasteiger charge is 2.13. The molecule has 2 aromatic heterocycles. The van der Waals surface area contributed by atoms with Crippen LogP contribution in [-0.4, -0.2) is 11.0 Å². The van der Waals surface area contributed by atoms with Crippen LogP contribution in [0.1, 0.15) is 15.2 Å². The molecule has 2 heterocycles. The third-order valence-electron chi connectivity index (χ3n) is 1.97. The smallest absolute Gasteiger partial charge is 0.340 e. The maximum absolute atomic E-state index is 11.7. The Labute approximate surface area is 112 Å². The number of carbonyl (C=O) groups is 1. The average Bonchev–Trinajstić information content (AvgIpc) is 2.82. The Morgan fingerprint density at radius 3 is 3.00 bits per heavy atom. The van der Waals surface area contributed by atoms with Crippen molar-refractivity contribution in [3.8, 4) is 0 Å². The van der Waals surface area contributed by atoms with E-state index in [4.69, 9.17) is 27.9 Å². The van der Waals surface area contributed by atoms with Gasteiger partial charge in [0.05, 0.1) is 10.6 Å². The summed E-state index contributed by atoms with van der Waals surface area (Å²) in [7, 11) is 0. The van der Waals surface area contributed by atoms with Crippen molar-refractivity contribution in [2.75, 3.05) is 0 Å². The molecule has 0 spiro atoms. The first-order valence-electron chi connectivity index (χ1n) is 4.67. The minimum absolute atomic E-state index is 0.206. The molecule has 0 aliphatic heterocycles. The lowest BCUT2D eigenvalue weighted by Crippen LogP contribution is -2.05. The molecular formula is C11H7Cl2NO2S. The van der Waals surface area contributed by atoms with E-state index in [2.05, 4.69) is 4.98 Å². The molecular weight excluding hydrogens is 281 g/mol. The topological polar surface area (TPSA) is 39.2 Å². The zero-order valence-electron chi connectivity index (χ0n) is 8.52. The third-order valence-corrected chi connectivity index (χ3v) is 3.33. The summed E-state index contributed by atoms with van der Waals surface area (Å²) in [6.45, 7) is 0.229. The molecule has 3 nitrogen and oxygen atoms in total. The summed E-state index contributed by atoms with van der Waals surface area (Å²) in [5, 5.41) is 2.35. The molecule has 0 saturated carbocycles. The number of hydrogen-bond acceptors (Lipinski definition) is 4. The highest BCUT2D eigenvalue weighted by Crippen LogP contribution is 2.20. The van der Waals surface area contributed by atoms with Crippen LogP contribution >= 0.6 is 34.5 Å². The van der Waals surface area contributed by atoms with Crippen LogP contribution in [0.3, 0.4) is 0 Å². The van der Waals surface area contributed by atoms with Crippen molar-refractivity contribution in [1.29, 1.82) is 0 Å². The fourth-order valence-corrected chi connectivity index (χ4v) is 2.13. The molecule has 6 heteroatoms. The molecule has 0 unspecified atom stereocenters. The normalized spacial score (nSPS) is 10.2. The Balaban J connectivity index is 2.07. The standard InChI is InChI=1S/C11H7Cl2NO2S/c12-9-5-14-10(13)4-8(9)11(15)16-6-7-2-1-3-17-7/h1-5H,6H2. The van der Waals surface area contributed by atoms with E-state index in [9.17, 15) is 4.79 Å². The van der Waals surface area contributed by atoms with Gasteiger partial charge >= 0.3 is 5.97 Å². The van der Waals surface area contributed by atoms with E-state index >= 15 is 0 Å². The Kier molecular flexibility index (Phi) is 3.99. The Hall–Kier alpha value is -1.10. The first kappa shape index (κ1) is 12.4. The maximum atomic E-state index is 11.7. The van der Waals surface area contributed by atoms with Gasteiger partial charge in [0.25, 0.3) is 0 Å². The van der Waals surface area contributed by atoms with E-state index < -0.39 is 5.97 Å². The fourth-order valence-electron chi connectivity index (χ4n) is 1.18. The van der Waals surface area contributed by atoms with E-state index in [-0.39, 0.29) is 22.3 Å². The highest BCUT2D eigenvalue weighted by atomic mass is 35.5. The van der Waals surface area contributed by atoms with Crippen molar-refractivity contribution in [3.63, 3.8) is 0 Å². The van der Waals surface area contributed by atoms with Crippen molar-refractivity contribution >= 4 is 40.5 Å². The van der Waals surface area contributed by atoms with Gasteiger partial charge in [-0.15, -0.1) is 11.3 Å². The number of thiophene rings is 1. The maximum Gasteiger partial charge on any atom is 0.340 e. The molecule has 0 radical (unpaired) electrons. The van der Waals surface area contributed by atoms with Gasteiger partial charge in [0.1, 0.15) is 11.8 Å². The van der Waals surface area contributed by atoms with Crippen molar-refractivity contribution in [2.24, 2.45) is 0 Å². The molecule has 0 aromatic carbocycles. The Morgan fingerprint density at radius 2 is 2.29 bits per heavy atom. The van der Waals surface area contributed by atoms with E-state index in [1.165, 1.54) is 23.6 Å². The minimum Gasteiger partial charge on any atom is -0.456 e. The summed E-state index contributed by atoms with van der Waals surface area (Å²) in [5.41, 5.74) is 0.225. The molecule has 2 rings (SSSR count). The number of hydrogen-bond donors (Lipinski definition) is 0. The molecule has 0 aliphatic rings. The Morgan fingerprint density at radius 1 is 1.47 bits per heavy atom.